The van der Waals surface area contributed by atoms with Crippen LogP contribution in [0.25, 0.3) is 0 Å². The Morgan fingerprint density at radius 1 is 1.19 bits per heavy atom. The highest BCUT2D eigenvalue weighted by molar-refractivity contribution is 6.31. The molecule has 42 heavy (non-hydrogen) atoms. The zero-order valence-electron chi connectivity index (χ0n) is 24.3. The molecule has 1 saturated heterocycles. The molecular weight excluding hydrogens is 564 g/mol. The third-order valence-corrected chi connectivity index (χ3v) is 7.43. The van der Waals surface area contributed by atoms with Crippen LogP contribution < -0.4 is 15.4 Å². The molecule has 0 radical (unpaired) electrons. The van der Waals surface area contributed by atoms with Crippen LogP contribution in [-0.4, -0.2) is 87.0 Å². The first-order valence-electron chi connectivity index (χ1n) is 13.9. The molecule has 0 bridgehead atoms. The normalized spacial score (nSPS) is 14.2. The molecule has 11 nitrogen and oxygen atoms in total. The molecular formula is C30H39ClN4O7. The SMILES string of the molecule is CCCC(C(=O)NC=O)N(C)Cc1ccc(COC(=O)Nc2cc(Cl)c(C)c(OCCN3CCOCC3)c2)cc1C=O. The van der Waals surface area contributed by atoms with Gasteiger partial charge in [0.15, 0.2) is 0 Å². The van der Waals surface area contributed by atoms with Crippen LogP contribution in [0.3, 0.4) is 0 Å². The van der Waals surface area contributed by atoms with Gasteiger partial charge in [0, 0.05) is 54.1 Å². The Balaban J connectivity index is 1.57. The lowest BCUT2D eigenvalue weighted by molar-refractivity contribution is -0.129. The topological polar surface area (TPSA) is 127 Å². The predicted molar refractivity (Wildman–Crippen MR) is 159 cm³/mol. The lowest BCUT2D eigenvalue weighted by Crippen LogP contribution is -2.44. The standard InChI is InChI=1S/C30H39ClN4O7/c1-4-5-27(29(38)32-20-37)34(3)17-23-7-6-22(14-24(23)18-36)19-42-30(39)33-25-15-26(31)21(2)28(16-25)41-13-10-35-8-11-40-12-9-35/h6-7,14-16,18,20,27H,4-5,8-13,17,19H2,1-3H3,(H,33,39)(H,32,37,38). The minimum atomic E-state index is -0.686. The van der Waals surface area contributed by atoms with Crippen LogP contribution in [0.2, 0.25) is 5.02 Å². The van der Waals surface area contributed by atoms with Gasteiger partial charge < -0.3 is 14.2 Å². The largest absolute Gasteiger partial charge is 0.492 e. The van der Waals surface area contributed by atoms with Crippen molar-refractivity contribution >= 4 is 42.0 Å². The number of halogens is 1. The van der Waals surface area contributed by atoms with E-state index in [2.05, 4.69) is 15.5 Å². The molecule has 2 aromatic carbocycles. The minimum Gasteiger partial charge on any atom is -0.492 e. The van der Waals surface area contributed by atoms with Crippen LogP contribution in [0.1, 0.15) is 46.8 Å². The molecule has 3 rings (SSSR count). The number of rotatable bonds is 15. The Bertz CT molecular complexity index is 1240. The molecule has 0 spiro atoms. The van der Waals surface area contributed by atoms with Crippen molar-refractivity contribution in [3.05, 3.63) is 57.6 Å². The van der Waals surface area contributed by atoms with Gasteiger partial charge >= 0.3 is 6.09 Å². The number of morpholine rings is 1. The molecule has 1 atom stereocenters. The van der Waals surface area contributed by atoms with Crippen LogP contribution in [0.5, 0.6) is 5.75 Å². The number of anilines is 1. The van der Waals surface area contributed by atoms with Gasteiger partial charge in [-0.05, 0) is 43.7 Å². The number of hydrogen-bond donors (Lipinski definition) is 2. The molecule has 0 aromatic heterocycles. The van der Waals surface area contributed by atoms with Crippen molar-refractivity contribution in [1.29, 1.82) is 0 Å². The number of carbonyl (C=O) groups is 4. The summed E-state index contributed by atoms with van der Waals surface area (Å²) in [5, 5.41) is 5.34. The minimum absolute atomic E-state index is 0.0640. The van der Waals surface area contributed by atoms with Crippen LogP contribution >= 0.6 is 11.6 Å². The van der Waals surface area contributed by atoms with Crippen molar-refractivity contribution < 1.29 is 33.4 Å². The molecule has 1 aliphatic heterocycles. The Kier molecular flexibility index (Phi) is 13.2. The van der Waals surface area contributed by atoms with Crippen molar-refractivity contribution in [2.75, 3.05) is 51.8 Å². The summed E-state index contributed by atoms with van der Waals surface area (Å²) >= 11 is 6.38. The van der Waals surface area contributed by atoms with Gasteiger partial charge in [0.2, 0.25) is 12.3 Å². The molecule has 1 unspecified atom stereocenters. The van der Waals surface area contributed by atoms with E-state index in [4.69, 9.17) is 25.8 Å². The van der Waals surface area contributed by atoms with E-state index in [-0.39, 0.29) is 12.5 Å². The third kappa shape index (κ3) is 9.80. The van der Waals surface area contributed by atoms with Gasteiger partial charge in [-0.1, -0.05) is 37.1 Å². The number of imide groups is 1. The summed E-state index contributed by atoms with van der Waals surface area (Å²) in [6, 6.07) is 7.98. The second-order valence-electron chi connectivity index (χ2n) is 10.1. The number of aldehydes is 1. The van der Waals surface area contributed by atoms with Gasteiger partial charge in [-0.3, -0.25) is 34.8 Å². The summed E-state index contributed by atoms with van der Waals surface area (Å²) in [6.07, 6.45) is 1.71. The van der Waals surface area contributed by atoms with Gasteiger partial charge in [-0.15, -0.1) is 0 Å². The summed E-state index contributed by atoms with van der Waals surface area (Å²) < 4.78 is 16.7. The summed E-state index contributed by atoms with van der Waals surface area (Å²) in [7, 11) is 1.76. The van der Waals surface area contributed by atoms with Crippen molar-refractivity contribution in [3.8, 4) is 5.75 Å². The Morgan fingerprint density at radius 2 is 1.95 bits per heavy atom. The summed E-state index contributed by atoms with van der Waals surface area (Å²) in [4.78, 5) is 51.5. The quantitative estimate of drug-likeness (QED) is 0.293. The fraction of sp³-hybridized carbons (Fsp3) is 0.467. The molecule has 0 aliphatic carbocycles. The number of benzene rings is 2. The van der Waals surface area contributed by atoms with E-state index in [1.165, 1.54) is 0 Å². The van der Waals surface area contributed by atoms with Crippen LogP contribution in [0.15, 0.2) is 30.3 Å². The molecule has 1 aliphatic rings. The zero-order chi connectivity index (χ0) is 30.5. The van der Waals surface area contributed by atoms with E-state index in [1.54, 1.807) is 42.3 Å². The molecule has 1 fully saturated rings. The monoisotopic (exact) mass is 602 g/mol. The van der Waals surface area contributed by atoms with E-state index in [9.17, 15) is 19.2 Å². The number of likely N-dealkylation sites (N-methyl/N-ethyl adjacent to an activating group) is 1. The average Bonchev–Trinajstić information content (AvgIpc) is 2.98. The fourth-order valence-electron chi connectivity index (χ4n) is 4.63. The summed E-state index contributed by atoms with van der Waals surface area (Å²) in [5.74, 6) is 0.187. The third-order valence-electron chi connectivity index (χ3n) is 7.04. The van der Waals surface area contributed by atoms with E-state index in [0.717, 1.165) is 37.9 Å². The number of ether oxygens (including phenoxy) is 3. The molecule has 0 saturated carbocycles. The van der Waals surface area contributed by atoms with Gasteiger partial charge in [0.05, 0.1) is 19.3 Å². The Hall–Kier alpha value is -3.51. The van der Waals surface area contributed by atoms with E-state index in [0.29, 0.717) is 72.3 Å². The molecule has 3 amide bonds. The number of carbonyl (C=O) groups excluding carboxylic acids is 4. The highest BCUT2D eigenvalue weighted by Crippen LogP contribution is 2.30. The molecule has 2 aromatic rings. The first kappa shape index (κ1) is 33.0. The average molecular weight is 603 g/mol. The zero-order valence-corrected chi connectivity index (χ0v) is 25.1. The van der Waals surface area contributed by atoms with Crippen molar-refractivity contribution in [2.45, 2.75) is 45.9 Å². The maximum atomic E-state index is 12.6. The first-order chi connectivity index (χ1) is 20.2. The number of amides is 3. The van der Waals surface area contributed by atoms with Gasteiger partial charge in [-0.25, -0.2) is 4.79 Å². The van der Waals surface area contributed by atoms with E-state index < -0.39 is 12.1 Å². The second kappa shape index (κ2) is 16.8. The van der Waals surface area contributed by atoms with Crippen LogP contribution in [-0.2, 0) is 32.2 Å². The number of hydrogen-bond acceptors (Lipinski definition) is 9. The second-order valence-corrected chi connectivity index (χ2v) is 10.5. The van der Waals surface area contributed by atoms with Gasteiger partial charge in [0.25, 0.3) is 0 Å². The maximum Gasteiger partial charge on any atom is 0.411 e. The van der Waals surface area contributed by atoms with E-state index in [1.807, 2.05) is 13.8 Å². The fourth-order valence-corrected chi connectivity index (χ4v) is 4.84. The maximum absolute atomic E-state index is 12.6. The van der Waals surface area contributed by atoms with Gasteiger partial charge in [-0.2, -0.15) is 0 Å². The highest BCUT2D eigenvalue weighted by Gasteiger charge is 2.23. The molecule has 1 heterocycles. The molecule has 2 N–H and O–H groups in total. The van der Waals surface area contributed by atoms with Gasteiger partial charge in [0.1, 0.15) is 25.2 Å². The van der Waals surface area contributed by atoms with E-state index >= 15 is 0 Å². The lowest BCUT2D eigenvalue weighted by Gasteiger charge is -2.26. The number of nitrogens with zero attached hydrogens (tertiary/aromatic N) is 2. The number of nitrogens with one attached hydrogen (secondary N) is 2. The molecule has 12 heteroatoms. The highest BCUT2D eigenvalue weighted by atomic mass is 35.5. The predicted octanol–water partition coefficient (Wildman–Crippen LogP) is 3.79. The van der Waals surface area contributed by atoms with Crippen LogP contribution in [0.4, 0.5) is 10.5 Å². The van der Waals surface area contributed by atoms with Crippen molar-refractivity contribution in [3.63, 3.8) is 0 Å². The Morgan fingerprint density at radius 3 is 2.64 bits per heavy atom. The van der Waals surface area contributed by atoms with Crippen molar-refractivity contribution in [1.82, 2.24) is 15.1 Å². The summed E-state index contributed by atoms with van der Waals surface area (Å²) in [6.45, 7) is 8.45. The van der Waals surface area contributed by atoms with Crippen LogP contribution in [0, 0.1) is 6.92 Å². The Labute approximate surface area is 251 Å². The lowest BCUT2D eigenvalue weighted by atomic mass is 10.0. The summed E-state index contributed by atoms with van der Waals surface area (Å²) in [5.41, 5.74) is 2.95. The molecule has 228 valence electrons. The van der Waals surface area contributed by atoms with Crippen molar-refractivity contribution in [2.24, 2.45) is 0 Å². The first-order valence-corrected chi connectivity index (χ1v) is 14.3. The smallest absolute Gasteiger partial charge is 0.411 e.